The number of carbonyl (C=O) groups excluding carboxylic acids is 1. The Kier molecular flexibility index (Phi) is 9.06. The van der Waals surface area contributed by atoms with Gasteiger partial charge in [-0.05, 0) is 31.7 Å². The maximum absolute atomic E-state index is 15.1. The molecule has 0 unspecified atom stereocenters. The number of aromatic nitrogens is 2. The fourth-order valence-corrected chi connectivity index (χ4v) is 3.65. The fourth-order valence-electron chi connectivity index (χ4n) is 3.65. The summed E-state index contributed by atoms with van der Waals surface area (Å²) in [5.41, 5.74) is 0.243. The molecule has 0 aliphatic carbocycles. The number of rotatable bonds is 12. The van der Waals surface area contributed by atoms with Crippen LogP contribution in [0.1, 0.15) is 23.7 Å². The van der Waals surface area contributed by atoms with Gasteiger partial charge in [0.2, 0.25) is 0 Å². The van der Waals surface area contributed by atoms with Crippen LogP contribution in [0.3, 0.4) is 0 Å². The summed E-state index contributed by atoms with van der Waals surface area (Å²) >= 11 is 0. The van der Waals surface area contributed by atoms with Gasteiger partial charge in [0.1, 0.15) is 18.1 Å². The second kappa shape index (κ2) is 12.8. The molecule has 0 fully saturated rings. The van der Waals surface area contributed by atoms with Crippen molar-refractivity contribution < 1.29 is 32.5 Å². The molecule has 0 bridgehead atoms. The fraction of sp³-hybridized carbons (Fsp3) is 0.250. The number of hydrogen-bond donors (Lipinski definition) is 2. The van der Waals surface area contributed by atoms with Crippen LogP contribution in [0, 0.1) is 11.6 Å². The predicted octanol–water partition coefficient (Wildman–Crippen LogP) is 5.35. The molecular formula is C28H28F2N4O5. The molecule has 0 aliphatic heterocycles. The Hall–Kier alpha value is -4.51. The highest BCUT2D eigenvalue weighted by Crippen LogP contribution is 2.38. The lowest BCUT2D eigenvalue weighted by molar-refractivity contribution is 0.102. The Labute approximate surface area is 224 Å². The molecule has 4 aromatic rings. The van der Waals surface area contributed by atoms with Gasteiger partial charge in [-0.15, -0.1) is 0 Å². The third-order valence-electron chi connectivity index (χ3n) is 5.57. The minimum Gasteiger partial charge on any atom is -0.493 e. The zero-order valence-electron chi connectivity index (χ0n) is 21.7. The molecule has 2 aromatic heterocycles. The number of ether oxygens (including phenoxy) is 4. The zero-order chi connectivity index (χ0) is 27.8. The molecule has 2 heterocycles. The van der Waals surface area contributed by atoms with E-state index in [0.717, 1.165) is 18.6 Å². The van der Waals surface area contributed by atoms with Gasteiger partial charge >= 0.3 is 0 Å². The number of nitrogens with one attached hydrogen (secondary N) is 2. The first-order chi connectivity index (χ1) is 18.9. The van der Waals surface area contributed by atoms with Gasteiger partial charge in [0.25, 0.3) is 5.91 Å². The van der Waals surface area contributed by atoms with Crippen molar-refractivity contribution in [1.82, 2.24) is 15.3 Å². The van der Waals surface area contributed by atoms with Crippen LogP contribution in [0.4, 0.5) is 14.5 Å². The third-order valence-corrected chi connectivity index (χ3v) is 5.57. The molecular weight excluding hydrogens is 510 g/mol. The molecule has 2 N–H and O–H groups in total. The number of nitrogens with zero attached hydrogens (tertiary/aromatic N) is 2. The lowest BCUT2D eigenvalue weighted by Gasteiger charge is -2.15. The Morgan fingerprint density at radius 1 is 0.923 bits per heavy atom. The lowest BCUT2D eigenvalue weighted by Crippen LogP contribution is -2.16. The Morgan fingerprint density at radius 2 is 1.72 bits per heavy atom. The summed E-state index contributed by atoms with van der Waals surface area (Å²) in [7, 11) is 3.31. The van der Waals surface area contributed by atoms with Crippen molar-refractivity contribution in [3.8, 4) is 28.7 Å². The van der Waals surface area contributed by atoms with Crippen molar-refractivity contribution in [1.29, 1.82) is 0 Å². The first-order valence-electron chi connectivity index (χ1n) is 12.2. The van der Waals surface area contributed by atoms with Crippen molar-refractivity contribution in [3.63, 3.8) is 0 Å². The molecule has 4 rings (SSSR count). The number of amides is 1. The SMILES string of the molecule is CCCOc1ccncc1C(=O)Nc1cc(F)c(Oc2ccnc3cc(OCCNC)c(OC)cc23)cc1F. The first kappa shape index (κ1) is 27.5. The number of hydrogen-bond acceptors (Lipinski definition) is 8. The van der Waals surface area contributed by atoms with Gasteiger partial charge in [-0.3, -0.25) is 14.8 Å². The van der Waals surface area contributed by atoms with Crippen LogP contribution in [0.5, 0.6) is 28.7 Å². The predicted molar refractivity (Wildman–Crippen MR) is 142 cm³/mol. The van der Waals surface area contributed by atoms with E-state index in [9.17, 15) is 9.18 Å². The van der Waals surface area contributed by atoms with E-state index >= 15 is 4.39 Å². The highest BCUT2D eigenvalue weighted by molar-refractivity contribution is 6.06. The number of carbonyl (C=O) groups is 1. The van der Waals surface area contributed by atoms with E-state index in [2.05, 4.69) is 20.6 Å². The largest absolute Gasteiger partial charge is 0.493 e. The number of methoxy groups -OCH3 is 1. The van der Waals surface area contributed by atoms with Crippen molar-refractivity contribution in [2.75, 3.05) is 39.2 Å². The van der Waals surface area contributed by atoms with E-state index < -0.39 is 17.5 Å². The van der Waals surface area contributed by atoms with Gasteiger partial charge in [0.05, 0.1) is 30.5 Å². The zero-order valence-corrected chi connectivity index (χ0v) is 21.7. The van der Waals surface area contributed by atoms with Crippen LogP contribution in [-0.2, 0) is 0 Å². The van der Waals surface area contributed by atoms with E-state index in [1.54, 1.807) is 12.1 Å². The van der Waals surface area contributed by atoms with E-state index in [1.807, 2.05) is 14.0 Å². The molecule has 204 valence electrons. The molecule has 0 radical (unpaired) electrons. The topological polar surface area (TPSA) is 104 Å². The van der Waals surface area contributed by atoms with E-state index in [1.165, 1.54) is 37.8 Å². The highest BCUT2D eigenvalue weighted by Gasteiger charge is 2.19. The van der Waals surface area contributed by atoms with Crippen LogP contribution in [0.2, 0.25) is 0 Å². The Bertz CT molecular complexity index is 1470. The third kappa shape index (κ3) is 6.50. The summed E-state index contributed by atoms with van der Waals surface area (Å²) in [6.45, 7) is 3.36. The van der Waals surface area contributed by atoms with E-state index in [-0.39, 0.29) is 22.7 Å². The summed E-state index contributed by atoms with van der Waals surface area (Å²) in [6.07, 6.45) is 4.99. The minimum atomic E-state index is -0.893. The second-order valence-electron chi connectivity index (χ2n) is 8.32. The summed E-state index contributed by atoms with van der Waals surface area (Å²) in [4.78, 5) is 21.0. The number of halogens is 2. The molecule has 0 saturated carbocycles. The average molecular weight is 539 g/mol. The molecule has 11 heteroatoms. The maximum atomic E-state index is 15.1. The maximum Gasteiger partial charge on any atom is 0.261 e. The van der Waals surface area contributed by atoms with E-state index in [4.69, 9.17) is 18.9 Å². The van der Waals surface area contributed by atoms with Crippen LogP contribution in [-0.4, -0.2) is 49.8 Å². The van der Waals surface area contributed by atoms with Crippen molar-refractivity contribution >= 4 is 22.5 Å². The molecule has 0 saturated heterocycles. The van der Waals surface area contributed by atoms with Crippen molar-refractivity contribution in [2.24, 2.45) is 0 Å². The molecule has 0 spiro atoms. The number of fused-ring (bicyclic) bond motifs is 1. The van der Waals surface area contributed by atoms with Crippen molar-refractivity contribution in [2.45, 2.75) is 13.3 Å². The van der Waals surface area contributed by atoms with Gasteiger partial charge in [0, 0.05) is 48.7 Å². The monoisotopic (exact) mass is 538 g/mol. The Morgan fingerprint density at radius 3 is 2.49 bits per heavy atom. The standard InChI is InChI=1S/C28H28F2N4O5/c1-4-10-37-23-5-7-32-16-18(23)28(35)34-22-13-20(30)25(14-19(22)29)39-24-6-8-33-21-15-27(38-11-9-31-2)26(36-3)12-17(21)24/h5-8,12-16,31H,4,9-11H2,1-3H3,(H,34,35). The van der Waals surface area contributed by atoms with Gasteiger partial charge in [-0.1, -0.05) is 6.92 Å². The van der Waals surface area contributed by atoms with Crippen LogP contribution < -0.4 is 29.6 Å². The second-order valence-corrected chi connectivity index (χ2v) is 8.32. The molecule has 0 atom stereocenters. The summed E-state index contributed by atoms with van der Waals surface area (Å²) in [5, 5.41) is 5.87. The number of benzene rings is 2. The normalized spacial score (nSPS) is 10.8. The van der Waals surface area contributed by atoms with Crippen LogP contribution >= 0.6 is 0 Å². The number of anilines is 1. The highest BCUT2D eigenvalue weighted by atomic mass is 19.1. The smallest absolute Gasteiger partial charge is 0.261 e. The first-order valence-corrected chi connectivity index (χ1v) is 12.2. The summed E-state index contributed by atoms with van der Waals surface area (Å²) < 4.78 is 52.5. The van der Waals surface area contributed by atoms with Gasteiger partial charge in [-0.25, -0.2) is 8.78 Å². The Balaban J connectivity index is 1.58. The summed E-state index contributed by atoms with van der Waals surface area (Å²) in [6, 6.07) is 8.11. The number of likely N-dealkylation sites (N-methyl/N-ethyl adjacent to an activating group) is 1. The molecule has 39 heavy (non-hydrogen) atoms. The van der Waals surface area contributed by atoms with Gasteiger partial charge in [-0.2, -0.15) is 0 Å². The summed E-state index contributed by atoms with van der Waals surface area (Å²) in [5.74, 6) is -1.41. The lowest BCUT2D eigenvalue weighted by atomic mass is 10.1. The van der Waals surface area contributed by atoms with Gasteiger partial charge < -0.3 is 29.6 Å². The van der Waals surface area contributed by atoms with Crippen LogP contribution in [0.15, 0.2) is 55.0 Å². The molecule has 1 amide bonds. The van der Waals surface area contributed by atoms with E-state index in [0.29, 0.717) is 47.9 Å². The van der Waals surface area contributed by atoms with Crippen LogP contribution in [0.25, 0.3) is 10.9 Å². The quantitative estimate of drug-likeness (QED) is 0.233. The average Bonchev–Trinajstić information content (AvgIpc) is 2.94. The number of pyridine rings is 2. The minimum absolute atomic E-state index is 0.0950. The molecule has 0 aliphatic rings. The molecule has 9 nitrogen and oxygen atoms in total. The molecule has 2 aromatic carbocycles. The van der Waals surface area contributed by atoms with Crippen molar-refractivity contribution in [3.05, 3.63) is 72.2 Å². The van der Waals surface area contributed by atoms with Gasteiger partial charge in [0.15, 0.2) is 28.9 Å².